The van der Waals surface area contributed by atoms with E-state index in [1.165, 1.54) is 24.3 Å². The second kappa shape index (κ2) is 47.6. The first-order chi connectivity index (χ1) is 54.4. The quantitative estimate of drug-likeness (QED) is 0.0113. The number of nitrogens with one attached hydrogen (secondary N) is 14. The molecule has 1 saturated heterocycles. The van der Waals surface area contributed by atoms with Crippen LogP contribution < -0.4 is 86.3 Å². The number of carbonyl (C=O) groups excluding carboxylic acids is 16. The van der Waals surface area contributed by atoms with Crippen molar-refractivity contribution in [1.82, 2.24) is 74.1 Å². The summed E-state index contributed by atoms with van der Waals surface area (Å²) in [6.07, 6.45) is -2.33. The number of carboxylic acid groups (broad SMARTS) is 4. The van der Waals surface area contributed by atoms with Gasteiger partial charge in [0.15, 0.2) is 5.78 Å². The molecule has 0 spiro atoms. The molecule has 13 atom stereocenters. The molecule has 1 aliphatic heterocycles. The number of aliphatic hydroxyl groups excluding tert-OH is 1. The number of aliphatic hydroxyl groups is 1. The number of hydrogen-bond acceptors (Lipinski definition) is 24. The van der Waals surface area contributed by atoms with Crippen LogP contribution in [-0.2, 0) is 102 Å². The van der Waals surface area contributed by atoms with Crippen molar-refractivity contribution >= 4 is 135 Å². The third-order valence-corrected chi connectivity index (χ3v) is 17.9. The Hall–Kier alpha value is -12.7. The predicted octanol–water partition coefficient (Wildman–Crippen LogP) is -5.62. The van der Waals surface area contributed by atoms with Gasteiger partial charge in [0.05, 0.1) is 51.8 Å². The fraction of sp³-hybridized carbons (Fsp3) is 0.528. The van der Waals surface area contributed by atoms with Crippen molar-refractivity contribution in [2.24, 2.45) is 17.4 Å². The smallest absolute Gasteiger partial charge is 0.329 e. The Bertz CT molecular complexity index is 4040. The summed E-state index contributed by atoms with van der Waals surface area (Å²) in [5.74, 6) is -29.7. The molecule has 0 aliphatic carbocycles. The topological polar surface area (TPSA) is 702 Å². The van der Waals surface area contributed by atoms with Gasteiger partial charge in [0.1, 0.15) is 72.6 Å². The van der Waals surface area contributed by atoms with E-state index in [1.807, 2.05) is 16.0 Å². The van der Waals surface area contributed by atoms with Gasteiger partial charge in [-0.3, -0.25) is 91.1 Å². The summed E-state index contributed by atoms with van der Waals surface area (Å²) >= 11 is 0. The Labute approximate surface area is 657 Å². The van der Waals surface area contributed by atoms with Gasteiger partial charge in [0.2, 0.25) is 82.7 Å². The van der Waals surface area contributed by atoms with Crippen LogP contribution in [0.1, 0.15) is 146 Å². The molecule has 5 unspecified atom stereocenters. The first-order valence-electron chi connectivity index (χ1n) is 36.8. The van der Waals surface area contributed by atoms with E-state index in [2.05, 4.69) is 65.1 Å². The number of H-pyrrole nitrogens is 1. The number of carboxylic acids is 4. The number of rotatable bonds is 35. The molecule has 25 N–H and O–H groups in total. The molecule has 0 radical (unpaired) electrons. The van der Waals surface area contributed by atoms with Gasteiger partial charge in [-0.25, -0.2) is 4.79 Å². The average molecular weight is 1620 g/mol. The first kappa shape index (κ1) is 94.7. The number of cyclic esters (lactones) is 1. The lowest BCUT2D eigenvalue weighted by Gasteiger charge is -2.30. The summed E-state index contributed by atoms with van der Waals surface area (Å²) in [7, 11) is 0. The third kappa shape index (κ3) is 32.5. The number of Topliss-reactive ketones (excluding diaryl/α,β-unsaturated/α-hetero) is 1. The van der Waals surface area contributed by atoms with Crippen LogP contribution >= 0.6 is 0 Å². The average Bonchev–Trinajstić information content (AvgIpc) is 1.72. The molecule has 2 heterocycles. The normalized spacial score (nSPS) is 21.2. The zero-order valence-electron chi connectivity index (χ0n) is 63.6. The van der Waals surface area contributed by atoms with Crippen LogP contribution in [0.25, 0.3) is 10.9 Å². The van der Waals surface area contributed by atoms with Crippen LogP contribution in [-0.4, -0.2) is 248 Å². The molecule has 1 aliphatic rings. The van der Waals surface area contributed by atoms with Crippen LogP contribution in [0.15, 0.2) is 54.7 Å². The van der Waals surface area contributed by atoms with E-state index in [1.54, 1.807) is 30.5 Å². The second-order valence-corrected chi connectivity index (χ2v) is 27.2. The number of nitrogens with two attached hydrogens (primary N) is 3. The summed E-state index contributed by atoms with van der Waals surface area (Å²) < 4.78 is 5.68. The minimum absolute atomic E-state index is 0.0186. The number of ketones is 1. The molecule has 4 rings (SSSR count). The molecular weight excluding hydrogens is 1520 g/mol. The number of carbonyl (C=O) groups is 20. The monoisotopic (exact) mass is 1620 g/mol. The molecule has 3 aromatic rings. The van der Waals surface area contributed by atoms with Gasteiger partial charge in [-0.05, 0) is 69.3 Å². The zero-order chi connectivity index (χ0) is 85.8. The highest BCUT2D eigenvalue weighted by Crippen LogP contribution is 2.22. The van der Waals surface area contributed by atoms with Gasteiger partial charge in [0, 0.05) is 47.6 Å². The van der Waals surface area contributed by atoms with E-state index in [-0.39, 0.29) is 37.1 Å². The van der Waals surface area contributed by atoms with Crippen LogP contribution in [0.5, 0.6) is 0 Å². The highest BCUT2D eigenvalue weighted by Gasteiger charge is 2.41. The second-order valence-electron chi connectivity index (χ2n) is 27.2. The number of hydrogen-bond donors (Lipinski definition) is 22. The Balaban J connectivity index is 1.87. The third-order valence-electron chi connectivity index (χ3n) is 17.9. The van der Waals surface area contributed by atoms with E-state index in [4.69, 9.17) is 21.9 Å². The number of para-hydroxylation sites is 2. The maximum atomic E-state index is 14.8. The molecule has 0 bridgehead atoms. The molecule has 630 valence electrons. The largest absolute Gasteiger partial charge is 0.481 e. The number of fused-ring (bicyclic) bond motifs is 1. The van der Waals surface area contributed by atoms with Gasteiger partial charge in [0.25, 0.3) is 0 Å². The van der Waals surface area contributed by atoms with Crippen molar-refractivity contribution in [2.75, 3.05) is 32.0 Å². The Morgan fingerprint density at radius 2 is 1.09 bits per heavy atom. The van der Waals surface area contributed by atoms with Crippen LogP contribution in [0.4, 0.5) is 5.69 Å². The van der Waals surface area contributed by atoms with Gasteiger partial charge >= 0.3 is 29.8 Å². The number of ether oxygens (including phenoxy) is 1. The lowest BCUT2D eigenvalue weighted by molar-refractivity contribution is -0.156. The van der Waals surface area contributed by atoms with Gasteiger partial charge in [-0.2, -0.15) is 0 Å². The minimum Gasteiger partial charge on any atom is -0.481 e. The summed E-state index contributed by atoms with van der Waals surface area (Å²) in [6, 6.07) is -10.5. The van der Waals surface area contributed by atoms with E-state index >= 15 is 0 Å². The lowest BCUT2D eigenvalue weighted by Crippen LogP contribution is -2.62. The Kier molecular flexibility index (Phi) is 39.2. The number of nitrogen functional groups attached to an aromatic ring is 1. The van der Waals surface area contributed by atoms with Crippen LogP contribution in [0.3, 0.4) is 0 Å². The lowest BCUT2D eigenvalue weighted by atomic mass is 9.96. The van der Waals surface area contributed by atoms with Gasteiger partial charge < -0.3 is 122 Å². The van der Waals surface area contributed by atoms with Crippen molar-refractivity contribution in [2.45, 2.75) is 209 Å². The molecule has 43 nitrogen and oxygen atoms in total. The number of benzene rings is 2. The Morgan fingerprint density at radius 1 is 0.548 bits per heavy atom. The molecule has 115 heavy (non-hydrogen) atoms. The molecule has 0 saturated carbocycles. The summed E-state index contributed by atoms with van der Waals surface area (Å²) in [5.41, 5.74) is 18.1. The molecular formula is C72H101N17O26. The molecule has 14 amide bonds. The SMILES string of the molecule is CCCCCCCCCC(=O)N[C@@H](Cc1c[nH]c2ccccc12)C(=O)N[C@@H](CC(N)=O)C(=O)N[C@@H](CC(=O)O)C(=O)NC1C(=O)NCC(=O)NC(CCCN)C(=O)N[C@@H](CC(=O)O)C(=O)N[C@H](C)C(=O)N[C@@H](CC(=O)O)C(=O)NCC(=O)NC(CO)C(=O)N[C@@H]([C@H](C)CC(=O)O)C(=O)NC(CC(=O)c2ccccc2N)C(=O)OC1C. The fourth-order valence-electron chi connectivity index (χ4n) is 11.7. The summed E-state index contributed by atoms with van der Waals surface area (Å²) in [6.45, 7) is 1.11. The highest BCUT2D eigenvalue weighted by molar-refractivity contribution is 6.05. The van der Waals surface area contributed by atoms with Crippen molar-refractivity contribution in [3.8, 4) is 0 Å². The maximum Gasteiger partial charge on any atom is 0.329 e. The Morgan fingerprint density at radius 3 is 1.69 bits per heavy atom. The number of aliphatic carboxylic acids is 4. The number of aromatic amines is 1. The maximum absolute atomic E-state index is 14.8. The van der Waals surface area contributed by atoms with Crippen LogP contribution in [0.2, 0.25) is 0 Å². The van der Waals surface area contributed by atoms with Crippen molar-refractivity contribution in [3.63, 3.8) is 0 Å². The van der Waals surface area contributed by atoms with E-state index in [0.717, 1.165) is 52.9 Å². The molecule has 1 aromatic heterocycles. The van der Waals surface area contributed by atoms with Gasteiger partial charge in [-0.1, -0.05) is 82.7 Å². The number of unbranched alkanes of at least 4 members (excludes halogenated alkanes) is 6. The standard InChI is InChI=1S/C72H101N17O26/c1-5-6-7-8-9-10-11-22-53(93)81-44(25-38-31-76-42-20-15-13-17-39(38)42)66(108)84-45(27-52(75)92)67(109)86-48(30-59(102)103)68(110)89-61-37(4)115-72(114)49(26-51(91)40-18-12-14-19-41(40)74)87-71(113)60(35(2)24-56(96)97)88-69(111)50(34-90)82-55(95)32-77-63(105)46(28-57(98)99)83-62(104)36(3)79-65(107)47(29-58(100)101)85-64(106)43(21-16-23-73)80-54(94)33-78-70(61)112/h12-15,17-20,31,35-37,43-50,60-61,76,90H,5-11,16,21-30,32-34,73-74H2,1-4H3,(H2,75,92)(H,77,105)(H,78,112)(H,79,107)(H,80,94)(H,81,93)(H,82,95)(H,83,104)(H,84,108)(H,85,106)(H,86,109)(H,87,113)(H,88,111)(H,89,110)(H,96,97)(H,98,99)(H,100,101)(H,102,103)/t35-,36-,37?,43?,44+,45+,46+,47+,48+,49?,50?,60+,61?/m1/s1. The van der Waals surface area contributed by atoms with Crippen molar-refractivity contribution in [1.29, 1.82) is 0 Å². The number of anilines is 1. The van der Waals surface area contributed by atoms with Crippen molar-refractivity contribution < 1.29 is 126 Å². The number of primary amides is 1. The van der Waals surface area contributed by atoms with Gasteiger partial charge in [-0.15, -0.1) is 0 Å². The molecule has 43 heteroatoms. The van der Waals surface area contributed by atoms with E-state index in [0.29, 0.717) is 29.3 Å². The predicted molar refractivity (Wildman–Crippen MR) is 400 cm³/mol. The fourth-order valence-corrected chi connectivity index (χ4v) is 11.7. The van der Waals surface area contributed by atoms with E-state index < -0.39 is 261 Å². The summed E-state index contributed by atoms with van der Waals surface area (Å²) in [4.78, 5) is 276. The van der Waals surface area contributed by atoms with Crippen molar-refractivity contribution in [3.05, 3.63) is 65.9 Å². The molecule has 2 aromatic carbocycles. The zero-order valence-corrected chi connectivity index (χ0v) is 63.6. The summed E-state index contributed by atoms with van der Waals surface area (Å²) in [5, 5.41) is 78.7. The first-order valence-corrected chi connectivity index (χ1v) is 36.8. The van der Waals surface area contributed by atoms with Crippen LogP contribution in [0, 0.1) is 5.92 Å². The number of aromatic nitrogens is 1. The highest BCUT2D eigenvalue weighted by atomic mass is 16.5. The number of amides is 14. The number of esters is 1. The van der Waals surface area contributed by atoms with E-state index in [9.17, 15) is 121 Å². The molecule has 1 fully saturated rings. The minimum atomic E-state index is -2.45.